The van der Waals surface area contributed by atoms with Crippen LogP contribution in [-0.4, -0.2) is 29.2 Å². The normalized spacial score (nSPS) is 14.9. The number of imide groups is 1. The Morgan fingerprint density at radius 1 is 1.00 bits per heavy atom. The Balaban J connectivity index is 1.57. The second-order valence-electron chi connectivity index (χ2n) is 7.11. The van der Waals surface area contributed by atoms with Gasteiger partial charge in [0.15, 0.2) is 0 Å². The molecule has 3 aromatic rings. The molecule has 1 heterocycles. The van der Waals surface area contributed by atoms with Gasteiger partial charge in [0, 0.05) is 12.1 Å². The van der Waals surface area contributed by atoms with Crippen LogP contribution < -0.4 is 4.74 Å². The van der Waals surface area contributed by atoms with E-state index in [-0.39, 0.29) is 17.8 Å². The van der Waals surface area contributed by atoms with Crippen LogP contribution in [0.25, 0.3) is 16.8 Å². The van der Waals surface area contributed by atoms with Gasteiger partial charge in [-0.3, -0.25) is 14.5 Å². The summed E-state index contributed by atoms with van der Waals surface area (Å²) >= 11 is 0.967. The van der Waals surface area contributed by atoms with Crippen LogP contribution in [0.1, 0.15) is 17.5 Å². The van der Waals surface area contributed by atoms with E-state index in [0.717, 1.165) is 40.9 Å². The highest BCUT2D eigenvalue weighted by Crippen LogP contribution is 2.37. The van der Waals surface area contributed by atoms with Gasteiger partial charge in [0.05, 0.1) is 4.91 Å². The van der Waals surface area contributed by atoms with Gasteiger partial charge in [-0.25, -0.2) is 0 Å². The van der Waals surface area contributed by atoms with Gasteiger partial charge in [0.2, 0.25) is 0 Å². The highest BCUT2D eigenvalue weighted by atomic mass is 32.2. The Kier molecular flexibility index (Phi) is 6.40. The quantitative estimate of drug-likeness (QED) is 0.368. The molecule has 0 bridgehead atoms. The summed E-state index contributed by atoms with van der Waals surface area (Å²) in [6.07, 6.45) is 8.63. The van der Waals surface area contributed by atoms with Crippen LogP contribution in [0.3, 0.4) is 0 Å². The number of carbonyl (C=O) groups is 2. The summed E-state index contributed by atoms with van der Waals surface area (Å²) in [4.78, 5) is 27.2. The van der Waals surface area contributed by atoms with Crippen LogP contribution in [0.2, 0.25) is 0 Å². The number of terminal acetylenes is 1. The van der Waals surface area contributed by atoms with Crippen molar-refractivity contribution in [3.8, 4) is 18.1 Å². The number of hydrogen-bond donors (Lipinski definition) is 0. The van der Waals surface area contributed by atoms with Crippen LogP contribution >= 0.6 is 11.8 Å². The van der Waals surface area contributed by atoms with E-state index in [1.54, 1.807) is 6.08 Å². The number of carbonyl (C=O) groups excluding carboxylic acids is 2. The standard InChI is InChI=1S/C26H21NO3S/c1-2-17-30-23-15-14-20-12-6-7-13-21(20)22(23)18-24-25(28)27(26(29)31-24)16-8-11-19-9-4-3-5-10-19/h1,3-7,9-10,12-15,18H,8,11,16-17H2/b24-18+. The Hall–Kier alpha value is -3.49. The number of benzene rings is 3. The average Bonchev–Trinajstić information content (AvgIpc) is 3.06. The molecular weight excluding hydrogens is 406 g/mol. The molecule has 0 atom stereocenters. The third-order valence-corrected chi connectivity index (χ3v) is 5.99. The van der Waals surface area contributed by atoms with Crippen LogP contribution in [0, 0.1) is 12.3 Å². The molecule has 5 heteroatoms. The molecule has 0 radical (unpaired) electrons. The highest BCUT2D eigenvalue weighted by molar-refractivity contribution is 8.18. The minimum absolute atomic E-state index is 0.125. The predicted molar refractivity (Wildman–Crippen MR) is 126 cm³/mol. The predicted octanol–water partition coefficient (Wildman–Crippen LogP) is 5.52. The zero-order valence-electron chi connectivity index (χ0n) is 16.9. The van der Waals surface area contributed by atoms with Crippen molar-refractivity contribution in [2.45, 2.75) is 12.8 Å². The zero-order valence-corrected chi connectivity index (χ0v) is 17.7. The summed E-state index contributed by atoms with van der Waals surface area (Å²) < 4.78 is 5.71. The van der Waals surface area contributed by atoms with Gasteiger partial charge in [-0.15, -0.1) is 6.42 Å². The van der Waals surface area contributed by atoms with E-state index in [9.17, 15) is 9.59 Å². The number of fused-ring (bicyclic) bond motifs is 1. The molecular formula is C26H21NO3S. The minimum Gasteiger partial charge on any atom is -0.480 e. The van der Waals surface area contributed by atoms with Gasteiger partial charge in [-0.05, 0) is 53.1 Å². The molecule has 2 amide bonds. The van der Waals surface area contributed by atoms with Gasteiger partial charge < -0.3 is 4.74 Å². The molecule has 0 N–H and O–H groups in total. The molecule has 1 fully saturated rings. The van der Waals surface area contributed by atoms with E-state index in [1.807, 2.05) is 66.7 Å². The number of thioether (sulfide) groups is 1. The van der Waals surface area contributed by atoms with Gasteiger partial charge in [0.25, 0.3) is 11.1 Å². The molecule has 1 saturated heterocycles. The molecule has 4 nitrogen and oxygen atoms in total. The van der Waals surface area contributed by atoms with Crippen molar-refractivity contribution in [1.29, 1.82) is 0 Å². The summed E-state index contributed by atoms with van der Waals surface area (Å²) in [5, 5.41) is 1.72. The maximum absolute atomic E-state index is 13.0. The van der Waals surface area contributed by atoms with Crippen LogP contribution in [0.5, 0.6) is 5.75 Å². The first kappa shape index (κ1) is 20.8. The molecule has 0 saturated carbocycles. The van der Waals surface area contributed by atoms with Crippen molar-refractivity contribution in [3.63, 3.8) is 0 Å². The number of hydrogen-bond acceptors (Lipinski definition) is 4. The van der Waals surface area contributed by atoms with Gasteiger partial charge >= 0.3 is 0 Å². The molecule has 154 valence electrons. The summed E-state index contributed by atoms with van der Waals surface area (Å²) in [5.74, 6) is 2.79. The maximum atomic E-state index is 13.0. The fourth-order valence-corrected chi connectivity index (χ4v) is 4.43. The molecule has 0 spiro atoms. The molecule has 1 aliphatic rings. The Bertz CT molecular complexity index is 1190. The van der Waals surface area contributed by atoms with Gasteiger partial charge in [-0.2, -0.15) is 0 Å². The zero-order chi connectivity index (χ0) is 21.6. The van der Waals surface area contributed by atoms with Crippen LogP contribution in [0.4, 0.5) is 4.79 Å². The first-order valence-electron chi connectivity index (χ1n) is 10.0. The second-order valence-corrected chi connectivity index (χ2v) is 8.11. The number of nitrogens with zero attached hydrogens (tertiary/aromatic N) is 1. The summed E-state index contributed by atoms with van der Waals surface area (Å²) in [7, 11) is 0. The lowest BCUT2D eigenvalue weighted by Crippen LogP contribution is -2.29. The van der Waals surface area contributed by atoms with Crippen LogP contribution in [-0.2, 0) is 11.2 Å². The largest absolute Gasteiger partial charge is 0.480 e. The fourth-order valence-electron chi connectivity index (χ4n) is 3.58. The van der Waals surface area contributed by atoms with E-state index in [4.69, 9.17) is 11.2 Å². The van der Waals surface area contributed by atoms with E-state index in [2.05, 4.69) is 5.92 Å². The monoisotopic (exact) mass is 427 g/mol. The van der Waals surface area contributed by atoms with Crippen molar-refractivity contribution in [2.75, 3.05) is 13.2 Å². The van der Waals surface area contributed by atoms with Crippen molar-refractivity contribution in [1.82, 2.24) is 4.90 Å². The number of ether oxygens (including phenoxy) is 1. The third-order valence-electron chi connectivity index (χ3n) is 5.08. The lowest BCUT2D eigenvalue weighted by atomic mass is 10.0. The Morgan fingerprint density at radius 2 is 1.77 bits per heavy atom. The SMILES string of the molecule is C#CCOc1ccc2ccccc2c1/C=C1/SC(=O)N(CCCc2ccccc2)C1=O. The third kappa shape index (κ3) is 4.65. The number of rotatable bonds is 7. The Labute approximate surface area is 185 Å². The fraction of sp³-hybridized carbons (Fsp3) is 0.154. The Morgan fingerprint density at radius 3 is 2.58 bits per heavy atom. The minimum atomic E-state index is -0.265. The number of aryl methyl sites for hydroxylation is 1. The van der Waals surface area contributed by atoms with Crippen molar-refractivity contribution in [2.24, 2.45) is 0 Å². The molecule has 0 aliphatic carbocycles. The van der Waals surface area contributed by atoms with Crippen LogP contribution in [0.15, 0.2) is 71.6 Å². The van der Waals surface area contributed by atoms with Crippen molar-refractivity contribution in [3.05, 3.63) is 82.8 Å². The summed E-state index contributed by atoms with van der Waals surface area (Å²) in [5.41, 5.74) is 1.94. The molecule has 0 aromatic heterocycles. The first-order chi connectivity index (χ1) is 15.2. The lowest BCUT2D eigenvalue weighted by Gasteiger charge is -2.12. The summed E-state index contributed by atoms with van der Waals surface area (Å²) in [6, 6.07) is 21.7. The van der Waals surface area contributed by atoms with Gasteiger partial charge in [0.1, 0.15) is 12.4 Å². The van der Waals surface area contributed by atoms with Crippen molar-refractivity contribution >= 4 is 39.8 Å². The maximum Gasteiger partial charge on any atom is 0.293 e. The van der Waals surface area contributed by atoms with Crippen molar-refractivity contribution < 1.29 is 14.3 Å². The van der Waals surface area contributed by atoms with E-state index in [0.29, 0.717) is 17.2 Å². The first-order valence-corrected chi connectivity index (χ1v) is 10.9. The number of amides is 2. The highest BCUT2D eigenvalue weighted by Gasteiger charge is 2.34. The van der Waals surface area contributed by atoms with E-state index < -0.39 is 0 Å². The molecule has 3 aromatic carbocycles. The lowest BCUT2D eigenvalue weighted by molar-refractivity contribution is -0.122. The topological polar surface area (TPSA) is 46.6 Å². The molecule has 4 rings (SSSR count). The summed E-state index contributed by atoms with van der Waals surface area (Å²) in [6.45, 7) is 0.521. The second kappa shape index (κ2) is 9.55. The molecule has 0 unspecified atom stereocenters. The molecule has 1 aliphatic heterocycles. The van der Waals surface area contributed by atoms with E-state index in [1.165, 1.54) is 10.5 Å². The van der Waals surface area contributed by atoms with Gasteiger partial charge in [-0.1, -0.05) is 66.6 Å². The smallest absolute Gasteiger partial charge is 0.293 e. The molecule has 31 heavy (non-hydrogen) atoms. The van der Waals surface area contributed by atoms with E-state index >= 15 is 0 Å². The average molecular weight is 428 g/mol.